The quantitative estimate of drug-likeness (QED) is 0.739. The summed E-state index contributed by atoms with van der Waals surface area (Å²) in [6.07, 6.45) is 5.50. The molecule has 3 fully saturated rings. The van der Waals surface area contributed by atoms with Gasteiger partial charge in [-0.25, -0.2) is 8.78 Å². The van der Waals surface area contributed by atoms with Gasteiger partial charge in [0.25, 0.3) is 0 Å². The fourth-order valence-electron chi connectivity index (χ4n) is 4.52. The van der Waals surface area contributed by atoms with Gasteiger partial charge in [-0.15, -0.1) is 0 Å². The highest BCUT2D eigenvalue weighted by atomic mass is 19.1. The molecule has 1 aromatic carbocycles. The summed E-state index contributed by atoms with van der Waals surface area (Å²) in [6.45, 7) is 2.57. The van der Waals surface area contributed by atoms with Crippen LogP contribution in [0.4, 0.5) is 8.78 Å². The molecule has 2 aliphatic carbocycles. The van der Waals surface area contributed by atoms with Gasteiger partial charge in [0.05, 0.1) is 12.2 Å². The molecule has 0 bridgehead atoms. The summed E-state index contributed by atoms with van der Waals surface area (Å²) in [5.41, 5.74) is 6.08. The van der Waals surface area contributed by atoms with Crippen molar-refractivity contribution in [2.75, 3.05) is 26.7 Å². The van der Waals surface area contributed by atoms with E-state index in [1.54, 1.807) is 0 Å². The summed E-state index contributed by atoms with van der Waals surface area (Å²) in [4.78, 5) is 14.3. The number of nitrogens with two attached hydrogens (primary N) is 1. The molecule has 4 rings (SSSR count). The molecule has 1 saturated heterocycles. The molecule has 0 radical (unpaired) electrons. The van der Waals surface area contributed by atoms with Crippen LogP contribution in [0, 0.1) is 29.4 Å². The molecule has 0 spiro atoms. The summed E-state index contributed by atoms with van der Waals surface area (Å²) in [5, 5.41) is 0. The normalized spacial score (nSPS) is 29.0. The number of carbonyl (C=O) groups is 1. The van der Waals surface area contributed by atoms with E-state index in [0.717, 1.165) is 63.7 Å². The fourth-order valence-corrected chi connectivity index (χ4v) is 4.52. The summed E-state index contributed by atoms with van der Waals surface area (Å²) < 4.78 is 33.9. The largest absolute Gasteiger partial charge is 0.493 e. The third kappa shape index (κ3) is 3.87. The number of ketones is 1. The number of rotatable bonds is 7. The van der Waals surface area contributed by atoms with Gasteiger partial charge in [0.1, 0.15) is 17.4 Å². The Hall–Kier alpha value is -1.53. The van der Waals surface area contributed by atoms with Crippen LogP contribution in [0.1, 0.15) is 48.9 Å². The number of carbonyl (C=O) groups excluding carboxylic acids is 1. The van der Waals surface area contributed by atoms with Gasteiger partial charge in [0, 0.05) is 23.6 Å². The van der Waals surface area contributed by atoms with Crippen LogP contribution in [0.5, 0.6) is 5.75 Å². The third-order valence-corrected chi connectivity index (χ3v) is 6.62. The first-order chi connectivity index (χ1) is 12.9. The maximum atomic E-state index is 14.2. The van der Waals surface area contributed by atoms with E-state index in [9.17, 15) is 13.6 Å². The van der Waals surface area contributed by atoms with Crippen molar-refractivity contribution in [1.29, 1.82) is 0 Å². The molecule has 1 aliphatic heterocycles. The standard InChI is InChI=1S/C21H28F2N2O2/c1-25-7-4-14(5-8-25)21(24)12-15(21)6-9-27-16-10-17(22)19(18(23)11-16)20(26)13-2-3-13/h10-11,13-15H,2-9,12,24H2,1H3. The zero-order valence-electron chi connectivity index (χ0n) is 15.8. The predicted molar refractivity (Wildman–Crippen MR) is 98.8 cm³/mol. The van der Waals surface area contributed by atoms with Crippen molar-refractivity contribution in [3.05, 3.63) is 29.3 Å². The van der Waals surface area contributed by atoms with E-state index in [0.29, 0.717) is 18.4 Å². The summed E-state index contributed by atoms with van der Waals surface area (Å²) in [7, 11) is 2.14. The van der Waals surface area contributed by atoms with Crippen molar-refractivity contribution in [2.24, 2.45) is 23.5 Å². The second-order valence-corrected chi connectivity index (χ2v) is 8.63. The average Bonchev–Trinajstić information content (AvgIpc) is 3.52. The number of hydrogen-bond acceptors (Lipinski definition) is 4. The molecule has 6 heteroatoms. The van der Waals surface area contributed by atoms with Crippen LogP contribution in [0.3, 0.4) is 0 Å². The summed E-state index contributed by atoms with van der Waals surface area (Å²) in [5.74, 6) is -1.19. The van der Waals surface area contributed by atoms with E-state index in [4.69, 9.17) is 10.5 Å². The lowest BCUT2D eigenvalue weighted by molar-refractivity contribution is 0.0959. The molecule has 2 N–H and O–H groups in total. The number of likely N-dealkylation sites (tertiary alicyclic amines) is 1. The maximum Gasteiger partial charge on any atom is 0.171 e. The minimum atomic E-state index is -0.826. The van der Waals surface area contributed by atoms with E-state index in [1.165, 1.54) is 0 Å². The molecule has 4 nitrogen and oxygen atoms in total. The average molecular weight is 378 g/mol. The number of Topliss-reactive ketones (excluding diaryl/α,β-unsaturated/α-hetero) is 1. The summed E-state index contributed by atoms with van der Waals surface area (Å²) in [6, 6.07) is 2.25. The Labute approximate surface area is 159 Å². The molecule has 1 heterocycles. The van der Waals surface area contributed by atoms with E-state index in [1.807, 2.05) is 0 Å². The van der Waals surface area contributed by atoms with Gasteiger partial charge >= 0.3 is 0 Å². The molecule has 27 heavy (non-hydrogen) atoms. The fraction of sp³-hybridized carbons (Fsp3) is 0.667. The minimum absolute atomic E-state index is 0.0956. The van der Waals surface area contributed by atoms with Gasteiger partial charge in [-0.3, -0.25) is 4.79 Å². The molecule has 2 unspecified atom stereocenters. The number of halogens is 2. The van der Waals surface area contributed by atoms with Gasteiger partial charge in [-0.1, -0.05) is 0 Å². The minimum Gasteiger partial charge on any atom is -0.493 e. The topological polar surface area (TPSA) is 55.6 Å². The van der Waals surface area contributed by atoms with Crippen molar-refractivity contribution in [2.45, 2.75) is 44.1 Å². The Morgan fingerprint density at radius 2 is 1.85 bits per heavy atom. The third-order valence-electron chi connectivity index (χ3n) is 6.62. The van der Waals surface area contributed by atoms with E-state index >= 15 is 0 Å². The number of piperidine rings is 1. The van der Waals surface area contributed by atoms with Gasteiger partial charge in [0.15, 0.2) is 5.78 Å². The molecule has 1 aromatic rings. The Balaban J connectivity index is 1.29. The Morgan fingerprint density at radius 3 is 2.44 bits per heavy atom. The first-order valence-electron chi connectivity index (χ1n) is 10.0. The van der Waals surface area contributed by atoms with Gasteiger partial charge in [0.2, 0.25) is 0 Å². The molecular formula is C21H28F2N2O2. The smallest absolute Gasteiger partial charge is 0.171 e. The van der Waals surface area contributed by atoms with E-state index < -0.39 is 23.0 Å². The molecule has 2 atom stereocenters. The second-order valence-electron chi connectivity index (χ2n) is 8.63. The molecule has 148 valence electrons. The van der Waals surface area contributed by atoms with E-state index in [-0.39, 0.29) is 17.2 Å². The van der Waals surface area contributed by atoms with Crippen LogP contribution in [-0.2, 0) is 0 Å². The van der Waals surface area contributed by atoms with Gasteiger partial charge in [-0.2, -0.15) is 0 Å². The number of benzene rings is 1. The SMILES string of the molecule is CN1CCC(C2(N)CC2CCOc2cc(F)c(C(=O)C3CC3)c(F)c2)CC1. The lowest BCUT2D eigenvalue weighted by atomic mass is 9.86. The van der Waals surface area contributed by atoms with Crippen LogP contribution in [-0.4, -0.2) is 43.0 Å². The Kier molecular flexibility index (Phi) is 4.97. The maximum absolute atomic E-state index is 14.2. The molecule has 0 amide bonds. The van der Waals surface area contributed by atoms with Crippen LogP contribution in [0.2, 0.25) is 0 Å². The van der Waals surface area contributed by atoms with Gasteiger partial charge in [-0.05, 0) is 70.5 Å². The first-order valence-corrected chi connectivity index (χ1v) is 10.0. The van der Waals surface area contributed by atoms with Gasteiger partial charge < -0.3 is 15.4 Å². The molecule has 3 aliphatic rings. The van der Waals surface area contributed by atoms with Crippen molar-refractivity contribution >= 4 is 5.78 Å². The van der Waals surface area contributed by atoms with Crippen LogP contribution in [0.15, 0.2) is 12.1 Å². The highest BCUT2D eigenvalue weighted by Gasteiger charge is 2.55. The Morgan fingerprint density at radius 1 is 1.22 bits per heavy atom. The second kappa shape index (κ2) is 7.13. The number of hydrogen-bond donors (Lipinski definition) is 1. The number of ether oxygens (including phenoxy) is 1. The van der Waals surface area contributed by atoms with Crippen molar-refractivity contribution in [3.8, 4) is 5.75 Å². The van der Waals surface area contributed by atoms with Crippen LogP contribution in [0.25, 0.3) is 0 Å². The molecule has 2 saturated carbocycles. The monoisotopic (exact) mass is 378 g/mol. The van der Waals surface area contributed by atoms with Crippen molar-refractivity contribution < 1.29 is 18.3 Å². The lowest BCUT2D eigenvalue weighted by Crippen LogP contribution is -2.42. The predicted octanol–water partition coefficient (Wildman–Crippen LogP) is 3.39. The Bertz CT molecular complexity index is 706. The van der Waals surface area contributed by atoms with Crippen LogP contribution < -0.4 is 10.5 Å². The highest BCUT2D eigenvalue weighted by molar-refractivity contribution is 5.99. The van der Waals surface area contributed by atoms with Crippen LogP contribution >= 0.6 is 0 Å². The van der Waals surface area contributed by atoms with E-state index in [2.05, 4.69) is 11.9 Å². The first kappa shape index (κ1) is 18.8. The summed E-state index contributed by atoms with van der Waals surface area (Å²) >= 11 is 0. The molecule has 0 aromatic heterocycles. The molecular weight excluding hydrogens is 350 g/mol. The zero-order valence-corrected chi connectivity index (χ0v) is 15.8. The van der Waals surface area contributed by atoms with Crippen molar-refractivity contribution in [1.82, 2.24) is 4.90 Å². The zero-order chi connectivity index (χ0) is 19.2. The number of nitrogens with zero attached hydrogens (tertiary/aromatic N) is 1. The lowest BCUT2D eigenvalue weighted by Gasteiger charge is -2.33. The van der Waals surface area contributed by atoms with Crippen molar-refractivity contribution in [3.63, 3.8) is 0 Å². The highest BCUT2D eigenvalue weighted by Crippen LogP contribution is 2.51.